The Labute approximate surface area is 195 Å². The summed E-state index contributed by atoms with van der Waals surface area (Å²) in [5.74, 6) is 0.703. The second kappa shape index (κ2) is 10.8. The van der Waals surface area contributed by atoms with Crippen LogP contribution in [0.5, 0.6) is 0 Å². The molecule has 2 aromatic heterocycles. The molecule has 0 saturated carbocycles. The summed E-state index contributed by atoms with van der Waals surface area (Å²) in [6.07, 6.45) is 7.81. The fourth-order valence-corrected chi connectivity index (χ4v) is 3.72. The van der Waals surface area contributed by atoms with Gasteiger partial charge in [0, 0.05) is 43.7 Å². The first kappa shape index (κ1) is 24.0. The number of hydrogen-bond donors (Lipinski definition) is 1. The average Bonchev–Trinajstić information content (AvgIpc) is 2.78. The number of amides is 1. The molecule has 33 heavy (non-hydrogen) atoms. The maximum atomic E-state index is 13.2. The van der Waals surface area contributed by atoms with Crippen LogP contribution in [0.4, 0.5) is 5.82 Å². The molecule has 6 heteroatoms. The molecule has 6 nitrogen and oxygen atoms in total. The van der Waals surface area contributed by atoms with Crippen molar-refractivity contribution in [3.05, 3.63) is 87.9 Å². The minimum absolute atomic E-state index is 0.0509. The fourth-order valence-electron chi connectivity index (χ4n) is 3.72. The zero-order valence-corrected chi connectivity index (χ0v) is 20.1. The molecule has 172 valence electrons. The second-order valence-electron chi connectivity index (χ2n) is 8.15. The van der Waals surface area contributed by atoms with E-state index in [0.29, 0.717) is 29.7 Å². The van der Waals surface area contributed by atoms with Gasteiger partial charge in [0.25, 0.3) is 0 Å². The molecule has 1 amide bonds. The number of rotatable bonds is 8. The Hall–Kier alpha value is -3.67. The fraction of sp³-hybridized carbons (Fsp3) is 0.296. The number of benzene rings is 1. The Balaban J connectivity index is 2.20. The largest absolute Gasteiger partial charge is 0.349 e. The molecule has 0 aliphatic heterocycles. The van der Waals surface area contributed by atoms with Crippen molar-refractivity contribution >= 4 is 22.8 Å². The number of nitrogens with zero attached hydrogens (tertiary/aromatic N) is 3. The summed E-state index contributed by atoms with van der Waals surface area (Å²) in [6.45, 7) is 5.96. The van der Waals surface area contributed by atoms with E-state index < -0.39 is 0 Å². The van der Waals surface area contributed by atoms with E-state index >= 15 is 0 Å². The number of carbonyl (C=O) groups is 1. The highest BCUT2D eigenvalue weighted by atomic mass is 16.2. The number of allylic oxidation sites excluding steroid dienone is 3. The van der Waals surface area contributed by atoms with Crippen LogP contribution in [0.3, 0.4) is 0 Å². The smallest absolute Gasteiger partial charge is 0.222 e. The number of hydrogen-bond acceptors (Lipinski definition) is 4. The molecule has 0 aliphatic rings. The third-order valence-electron chi connectivity index (χ3n) is 5.45. The van der Waals surface area contributed by atoms with E-state index in [9.17, 15) is 9.59 Å². The van der Waals surface area contributed by atoms with Crippen molar-refractivity contribution in [2.75, 3.05) is 19.4 Å². The summed E-state index contributed by atoms with van der Waals surface area (Å²) in [5.41, 5.74) is 4.03. The molecular formula is C27H32N4O2. The van der Waals surface area contributed by atoms with E-state index in [1.54, 1.807) is 25.1 Å². The Morgan fingerprint density at radius 2 is 1.91 bits per heavy atom. The van der Waals surface area contributed by atoms with Gasteiger partial charge in [-0.05, 0) is 56.5 Å². The number of anilines is 1. The standard InChI is InChI=1S/C27H32N4O2/c1-6-11-21(12-7-2)29-25-18-24(32)23-17-20(15-16-26(33)30(4)5)19(3)28-27(23)31(25)22-13-9-8-10-14-22/h6,8-14,17-18,29H,7,15-16H2,1-5H3/b11-6-,21-12+. The Kier molecular flexibility index (Phi) is 7.83. The van der Waals surface area contributed by atoms with Crippen LogP contribution in [0, 0.1) is 6.92 Å². The molecule has 0 bridgehead atoms. The molecule has 0 unspecified atom stereocenters. The average molecular weight is 445 g/mol. The number of carbonyl (C=O) groups excluding carboxylic acids is 1. The predicted molar refractivity (Wildman–Crippen MR) is 136 cm³/mol. The second-order valence-corrected chi connectivity index (χ2v) is 8.15. The van der Waals surface area contributed by atoms with Crippen molar-refractivity contribution in [1.29, 1.82) is 0 Å². The SMILES string of the molecule is C/C=C\C(=C/CC)Nc1cc(=O)c2cc(CCC(=O)N(C)C)c(C)nc2n1-c1ccccc1. The van der Waals surface area contributed by atoms with E-state index in [2.05, 4.69) is 18.3 Å². The molecule has 1 N–H and O–H groups in total. The number of para-hydroxylation sites is 1. The molecule has 0 spiro atoms. The number of pyridine rings is 2. The summed E-state index contributed by atoms with van der Waals surface area (Å²) in [4.78, 5) is 31.7. The highest BCUT2D eigenvalue weighted by Gasteiger charge is 2.16. The quantitative estimate of drug-likeness (QED) is 0.497. The van der Waals surface area contributed by atoms with Crippen LogP contribution in [-0.4, -0.2) is 34.5 Å². The lowest BCUT2D eigenvalue weighted by molar-refractivity contribution is -0.128. The lowest BCUT2D eigenvalue weighted by Crippen LogP contribution is -2.22. The molecule has 0 aliphatic carbocycles. The lowest BCUT2D eigenvalue weighted by Gasteiger charge is -2.19. The Bertz CT molecular complexity index is 1250. The van der Waals surface area contributed by atoms with Crippen LogP contribution >= 0.6 is 0 Å². The number of aryl methyl sites for hydroxylation is 2. The minimum atomic E-state index is -0.108. The van der Waals surface area contributed by atoms with Crippen molar-refractivity contribution < 1.29 is 4.79 Å². The van der Waals surface area contributed by atoms with Gasteiger partial charge in [-0.3, -0.25) is 14.2 Å². The van der Waals surface area contributed by atoms with E-state index in [1.807, 2.05) is 67.0 Å². The van der Waals surface area contributed by atoms with E-state index in [-0.39, 0.29) is 11.3 Å². The first-order valence-electron chi connectivity index (χ1n) is 11.3. The van der Waals surface area contributed by atoms with Crippen molar-refractivity contribution in [3.63, 3.8) is 0 Å². The van der Waals surface area contributed by atoms with Crippen molar-refractivity contribution in [2.24, 2.45) is 0 Å². The summed E-state index contributed by atoms with van der Waals surface area (Å²) in [5, 5.41) is 3.95. The number of fused-ring (bicyclic) bond motifs is 1. The number of aromatic nitrogens is 2. The van der Waals surface area contributed by atoms with Gasteiger partial charge in [0.15, 0.2) is 5.43 Å². The molecular weight excluding hydrogens is 412 g/mol. The monoisotopic (exact) mass is 444 g/mol. The van der Waals surface area contributed by atoms with Crippen molar-refractivity contribution in [2.45, 2.75) is 40.0 Å². The maximum Gasteiger partial charge on any atom is 0.222 e. The number of nitrogens with one attached hydrogen (secondary N) is 1. The molecule has 1 aromatic carbocycles. The van der Waals surface area contributed by atoms with Crippen LogP contribution in [-0.2, 0) is 11.2 Å². The van der Waals surface area contributed by atoms with E-state index in [1.165, 1.54) is 0 Å². The third-order valence-corrected chi connectivity index (χ3v) is 5.45. The van der Waals surface area contributed by atoms with Gasteiger partial charge in [0.05, 0.1) is 5.39 Å². The summed E-state index contributed by atoms with van der Waals surface area (Å²) in [6, 6.07) is 13.4. The normalized spacial score (nSPS) is 11.8. The van der Waals surface area contributed by atoms with Gasteiger partial charge >= 0.3 is 0 Å². The first-order valence-corrected chi connectivity index (χ1v) is 11.3. The molecule has 0 saturated heterocycles. The summed E-state index contributed by atoms with van der Waals surface area (Å²) >= 11 is 0. The van der Waals surface area contributed by atoms with Crippen LogP contribution in [0.2, 0.25) is 0 Å². The van der Waals surface area contributed by atoms with Gasteiger partial charge in [-0.1, -0.05) is 37.3 Å². The minimum Gasteiger partial charge on any atom is -0.349 e. The highest BCUT2D eigenvalue weighted by molar-refractivity contribution is 5.82. The van der Waals surface area contributed by atoms with Crippen LogP contribution in [0.15, 0.2) is 71.2 Å². The molecule has 2 heterocycles. The van der Waals surface area contributed by atoms with Crippen LogP contribution in [0.25, 0.3) is 16.7 Å². The third kappa shape index (κ3) is 5.58. The first-order chi connectivity index (χ1) is 15.8. The van der Waals surface area contributed by atoms with Crippen LogP contribution < -0.4 is 10.7 Å². The topological polar surface area (TPSA) is 67.2 Å². The van der Waals surface area contributed by atoms with Gasteiger partial charge in [0.2, 0.25) is 5.91 Å². The molecule has 3 aromatic rings. The van der Waals surface area contributed by atoms with E-state index in [4.69, 9.17) is 4.98 Å². The zero-order valence-electron chi connectivity index (χ0n) is 20.1. The van der Waals surface area contributed by atoms with Gasteiger partial charge in [-0.15, -0.1) is 0 Å². The molecule has 0 fully saturated rings. The van der Waals surface area contributed by atoms with Gasteiger partial charge in [-0.25, -0.2) is 4.98 Å². The van der Waals surface area contributed by atoms with Crippen LogP contribution in [0.1, 0.15) is 37.9 Å². The lowest BCUT2D eigenvalue weighted by atomic mass is 10.1. The van der Waals surface area contributed by atoms with Gasteiger partial charge < -0.3 is 10.2 Å². The highest BCUT2D eigenvalue weighted by Crippen LogP contribution is 2.25. The Morgan fingerprint density at radius 1 is 1.18 bits per heavy atom. The van der Waals surface area contributed by atoms with Crippen molar-refractivity contribution in [3.8, 4) is 5.69 Å². The summed E-state index contributed by atoms with van der Waals surface area (Å²) < 4.78 is 1.98. The molecule has 0 atom stereocenters. The van der Waals surface area contributed by atoms with Gasteiger partial charge in [-0.2, -0.15) is 0 Å². The predicted octanol–water partition coefficient (Wildman–Crippen LogP) is 5.00. The zero-order chi connectivity index (χ0) is 24.0. The van der Waals surface area contributed by atoms with Crippen molar-refractivity contribution in [1.82, 2.24) is 14.5 Å². The Morgan fingerprint density at radius 3 is 2.55 bits per heavy atom. The molecule has 0 radical (unpaired) electrons. The maximum absolute atomic E-state index is 13.2. The van der Waals surface area contributed by atoms with Gasteiger partial charge in [0.1, 0.15) is 11.5 Å². The molecule has 3 rings (SSSR count). The summed E-state index contributed by atoms with van der Waals surface area (Å²) in [7, 11) is 3.49. The van der Waals surface area contributed by atoms with E-state index in [0.717, 1.165) is 29.1 Å².